The normalized spacial score (nSPS) is 21.1. The monoisotopic (exact) mass is 268 g/mol. The summed E-state index contributed by atoms with van der Waals surface area (Å²) in [5.74, 6) is 0.840. The Morgan fingerprint density at radius 2 is 1.95 bits per heavy atom. The van der Waals surface area contributed by atoms with E-state index in [0.717, 1.165) is 29.7 Å². The molecule has 1 heterocycles. The van der Waals surface area contributed by atoms with E-state index < -0.39 is 6.10 Å². The Bertz CT molecular complexity index is 577. The van der Waals surface area contributed by atoms with Crippen LogP contribution in [-0.4, -0.2) is 11.2 Å². The summed E-state index contributed by atoms with van der Waals surface area (Å²) in [6.07, 6.45) is 2.30. The lowest BCUT2D eigenvalue weighted by Crippen LogP contribution is -2.26. The summed E-state index contributed by atoms with van der Waals surface area (Å²) in [6, 6.07) is 16.4. The zero-order valence-corrected chi connectivity index (χ0v) is 11.8. The van der Waals surface area contributed by atoms with Crippen LogP contribution in [0.1, 0.15) is 35.6 Å². The van der Waals surface area contributed by atoms with Crippen molar-refractivity contribution in [3.05, 3.63) is 65.2 Å². The van der Waals surface area contributed by atoms with Crippen molar-refractivity contribution in [3.63, 3.8) is 0 Å². The molecule has 1 aliphatic rings. The first-order valence-corrected chi connectivity index (χ1v) is 7.21. The van der Waals surface area contributed by atoms with Gasteiger partial charge in [0.25, 0.3) is 0 Å². The molecule has 20 heavy (non-hydrogen) atoms. The van der Waals surface area contributed by atoms with E-state index in [2.05, 4.69) is 24.3 Å². The van der Waals surface area contributed by atoms with Gasteiger partial charge in [-0.05, 0) is 37.5 Å². The average molecular weight is 268 g/mol. The van der Waals surface area contributed by atoms with E-state index in [0.29, 0.717) is 6.42 Å². The van der Waals surface area contributed by atoms with Gasteiger partial charge in [0.05, 0.1) is 6.10 Å². The molecule has 0 radical (unpaired) electrons. The van der Waals surface area contributed by atoms with Crippen molar-refractivity contribution >= 4 is 0 Å². The molecule has 0 fully saturated rings. The number of benzene rings is 2. The molecule has 1 N–H and O–H groups in total. The van der Waals surface area contributed by atoms with Crippen molar-refractivity contribution in [2.45, 2.75) is 38.4 Å². The summed E-state index contributed by atoms with van der Waals surface area (Å²) in [5, 5.41) is 10.3. The Morgan fingerprint density at radius 3 is 2.75 bits per heavy atom. The second kappa shape index (κ2) is 5.68. The fourth-order valence-electron chi connectivity index (χ4n) is 2.79. The minimum absolute atomic E-state index is 0.0976. The number of fused-ring (bicyclic) bond motifs is 1. The van der Waals surface area contributed by atoms with Crippen LogP contribution in [0.2, 0.25) is 0 Å². The zero-order valence-electron chi connectivity index (χ0n) is 11.8. The second-order valence-electron chi connectivity index (χ2n) is 5.56. The quantitative estimate of drug-likeness (QED) is 0.917. The van der Waals surface area contributed by atoms with Gasteiger partial charge in [-0.3, -0.25) is 0 Å². The highest BCUT2D eigenvalue weighted by molar-refractivity contribution is 5.40. The Labute approximate surface area is 120 Å². The molecule has 0 aromatic heterocycles. The van der Waals surface area contributed by atoms with Gasteiger partial charge < -0.3 is 9.84 Å². The Balaban J connectivity index is 1.67. The topological polar surface area (TPSA) is 29.5 Å². The summed E-state index contributed by atoms with van der Waals surface area (Å²) in [4.78, 5) is 0. The Kier molecular flexibility index (Phi) is 3.75. The third-order valence-corrected chi connectivity index (χ3v) is 3.90. The molecule has 1 aliphatic heterocycles. The first kappa shape index (κ1) is 13.2. The molecule has 0 bridgehead atoms. The first-order valence-electron chi connectivity index (χ1n) is 7.21. The van der Waals surface area contributed by atoms with E-state index in [-0.39, 0.29) is 6.10 Å². The third kappa shape index (κ3) is 2.86. The summed E-state index contributed by atoms with van der Waals surface area (Å²) in [7, 11) is 0. The first-order chi connectivity index (χ1) is 9.72. The van der Waals surface area contributed by atoms with Gasteiger partial charge in [-0.1, -0.05) is 42.0 Å². The summed E-state index contributed by atoms with van der Waals surface area (Å²) in [6.45, 7) is 2.04. The average Bonchev–Trinajstić information content (AvgIpc) is 2.47. The molecule has 0 saturated carbocycles. The summed E-state index contributed by atoms with van der Waals surface area (Å²) < 4.78 is 6.02. The highest BCUT2D eigenvalue weighted by atomic mass is 16.5. The molecule has 1 unspecified atom stereocenters. The zero-order chi connectivity index (χ0) is 13.9. The van der Waals surface area contributed by atoms with Gasteiger partial charge in [0, 0.05) is 12.0 Å². The molecule has 2 aromatic rings. The third-order valence-electron chi connectivity index (χ3n) is 3.90. The minimum Gasteiger partial charge on any atom is -0.490 e. The maximum absolute atomic E-state index is 10.3. The number of aliphatic hydroxyl groups is 1. The smallest absolute Gasteiger partial charge is 0.125 e. The fraction of sp³-hybridized carbons (Fsp3) is 0.333. The van der Waals surface area contributed by atoms with Crippen LogP contribution < -0.4 is 4.74 Å². The van der Waals surface area contributed by atoms with Crippen LogP contribution in [0.4, 0.5) is 0 Å². The van der Waals surface area contributed by atoms with Crippen LogP contribution in [0.15, 0.2) is 48.5 Å². The van der Waals surface area contributed by atoms with Crippen molar-refractivity contribution in [2.24, 2.45) is 0 Å². The predicted octanol–water partition coefficient (Wildman–Crippen LogP) is 3.81. The molecule has 104 valence electrons. The molecular formula is C18H20O2. The van der Waals surface area contributed by atoms with Gasteiger partial charge in [-0.25, -0.2) is 0 Å². The summed E-state index contributed by atoms with van der Waals surface area (Å²) in [5.41, 5.74) is 3.41. The fourth-order valence-corrected chi connectivity index (χ4v) is 2.79. The lowest BCUT2D eigenvalue weighted by molar-refractivity contribution is 0.0619. The van der Waals surface area contributed by atoms with Crippen LogP contribution in [-0.2, 0) is 6.42 Å². The number of rotatable bonds is 3. The van der Waals surface area contributed by atoms with Gasteiger partial charge >= 0.3 is 0 Å². The number of hydrogen-bond donors (Lipinski definition) is 1. The SMILES string of the molecule is Cc1ccc2c(c1)[C@H](O)CC(CCc1ccccc1)O2. The number of hydrogen-bond acceptors (Lipinski definition) is 2. The van der Waals surface area contributed by atoms with Crippen molar-refractivity contribution in [1.82, 2.24) is 0 Å². The molecule has 2 aromatic carbocycles. The Hall–Kier alpha value is -1.80. The number of aryl methyl sites for hydroxylation is 2. The molecular weight excluding hydrogens is 248 g/mol. The van der Waals surface area contributed by atoms with E-state index in [1.165, 1.54) is 5.56 Å². The largest absolute Gasteiger partial charge is 0.490 e. The maximum atomic E-state index is 10.3. The van der Waals surface area contributed by atoms with Gasteiger partial charge in [-0.15, -0.1) is 0 Å². The molecule has 0 spiro atoms. The van der Waals surface area contributed by atoms with Crippen LogP contribution >= 0.6 is 0 Å². The van der Waals surface area contributed by atoms with Crippen molar-refractivity contribution < 1.29 is 9.84 Å². The lowest BCUT2D eigenvalue weighted by atomic mass is 9.94. The van der Waals surface area contributed by atoms with Crippen LogP contribution in [0.5, 0.6) is 5.75 Å². The number of aliphatic hydroxyl groups excluding tert-OH is 1. The van der Waals surface area contributed by atoms with Gasteiger partial charge in [0.2, 0.25) is 0 Å². The molecule has 0 amide bonds. The molecule has 0 saturated heterocycles. The van der Waals surface area contributed by atoms with Crippen LogP contribution in [0.25, 0.3) is 0 Å². The lowest BCUT2D eigenvalue weighted by Gasteiger charge is -2.30. The second-order valence-corrected chi connectivity index (χ2v) is 5.56. The molecule has 0 aliphatic carbocycles. The molecule has 2 atom stereocenters. The molecule has 2 heteroatoms. The van der Waals surface area contributed by atoms with Crippen molar-refractivity contribution in [1.29, 1.82) is 0 Å². The molecule has 2 nitrogen and oxygen atoms in total. The highest BCUT2D eigenvalue weighted by Crippen LogP contribution is 2.36. The highest BCUT2D eigenvalue weighted by Gasteiger charge is 2.26. The van der Waals surface area contributed by atoms with Gasteiger partial charge in [0.15, 0.2) is 0 Å². The Morgan fingerprint density at radius 1 is 1.15 bits per heavy atom. The maximum Gasteiger partial charge on any atom is 0.125 e. The van der Waals surface area contributed by atoms with E-state index in [4.69, 9.17) is 4.74 Å². The van der Waals surface area contributed by atoms with E-state index in [1.54, 1.807) is 0 Å². The molecule has 3 rings (SSSR count). The van der Waals surface area contributed by atoms with Crippen LogP contribution in [0, 0.1) is 6.92 Å². The number of ether oxygens (including phenoxy) is 1. The van der Waals surface area contributed by atoms with E-state index in [1.807, 2.05) is 31.2 Å². The van der Waals surface area contributed by atoms with Gasteiger partial charge in [0.1, 0.15) is 11.9 Å². The van der Waals surface area contributed by atoms with E-state index >= 15 is 0 Å². The summed E-state index contributed by atoms with van der Waals surface area (Å²) >= 11 is 0. The van der Waals surface area contributed by atoms with Crippen molar-refractivity contribution in [3.8, 4) is 5.75 Å². The van der Waals surface area contributed by atoms with Crippen LogP contribution in [0.3, 0.4) is 0 Å². The van der Waals surface area contributed by atoms with Crippen molar-refractivity contribution in [2.75, 3.05) is 0 Å². The van der Waals surface area contributed by atoms with Gasteiger partial charge in [-0.2, -0.15) is 0 Å². The predicted molar refractivity (Wildman–Crippen MR) is 79.9 cm³/mol. The standard InChI is InChI=1S/C18H20O2/c1-13-7-10-18-16(11-13)17(19)12-15(20-18)9-8-14-5-3-2-4-6-14/h2-7,10-11,15,17,19H,8-9,12H2,1H3/t15?,17-/m1/s1. The minimum atomic E-state index is -0.403. The van der Waals surface area contributed by atoms with E-state index in [9.17, 15) is 5.11 Å².